The molecule has 9 heavy (non-hydrogen) atoms. The Morgan fingerprint density at radius 1 is 1.33 bits per heavy atom. The molecule has 0 aliphatic heterocycles. The van der Waals surface area contributed by atoms with Crippen molar-refractivity contribution in [3.63, 3.8) is 0 Å². The van der Waals surface area contributed by atoms with Gasteiger partial charge >= 0.3 is 0 Å². The number of hydrogen-bond donors (Lipinski definition) is 1. The molecule has 0 radical (unpaired) electrons. The molecule has 1 N–H and O–H groups in total. The van der Waals surface area contributed by atoms with E-state index < -0.39 is 19.2 Å². The van der Waals surface area contributed by atoms with E-state index in [2.05, 4.69) is 0 Å². The summed E-state index contributed by atoms with van der Waals surface area (Å²) in [5.74, 6) is 0. The van der Waals surface area contributed by atoms with Crippen molar-refractivity contribution < 1.29 is 18.3 Å². The Morgan fingerprint density at radius 2 is 1.89 bits per heavy atom. The van der Waals surface area contributed by atoms with E-state index in [-0.39, 0.29) is 12.8 Å². The lowest BCUT2D eigenvalue weighted by molar-refractivity contribution is -0.0105. The number of hydrogen-bond acceptors (Lipinski definition) is 1. The molecule has 1 nitrogen and oxygen atoms in total. The van der Waals surface area contributed by atoms with Crippen molar-refractivity contribution in [3.8, 4) is 0 Å². The van der Waals surface area contributed by atoms with E-state index in [1.54, 1.807) is 0 Å². The lowest BCUT2D eigenvalue weighted by Gasteiger charge is -2.05. The zero-order valence-electron chi connectivity index (χ0n) is 4.86. The summed E-state index contributed by atoms with van der Waals surface area (Å²) in [6.07, 6.45) is -4.54. The van der Waals surface area contributed by atoms with Crippen LogP contribution in [-0.4, -0.2) is 24.3 Å². The zero-order chi connectivity index (χ0) is 7.28. The van der Waals surface area contributed by atoms with Gasteiger partial charge in [-0.15, -0.1) is 0 Å². The Labute approximate surface area is 51.5 Å². The first kappa shape index (κ1) is 8.75. The van der Waals surface area contributed by atoms with E-state index in [9.17, 15) is 13.2 Å². The maximum absolute atomic E-state index is 11.4. The molecule has 0 rings (SSSR count). The Bertz CT molecular complexity index is 67.2. The van der Waals surface area contributed by atoms with Crippen molar-refractivity contribution in [2.24, 2.45) is 0 Å². The molecular formula is C5H9F3O. The van der Waals surface area contributed by atoms with Gasteiger partial charge in [-0.3, -0.25) is 4.39 Å². The monoisotopic (exact) mass is 142 g/mol. The van der Waals surface area contributed by atoms with Crippen molar-refractivity contribution in [3.05, 3.63) is 0 Å². The van der Waals surface area contributed by atoms with Crippen LogP contribution in [0, 0.1) is 0 Å². The number of halogens is 3. The summed E-state index contributed by atoms with van der Waals surface area (Å²) in [4.78, 5) is 0. The lowest BCUT2D eigenvalue weighted by atomic mass is 10.2. The molecule has 0 fully saturated rings. The summed E-state index contributed by atoms with van der Waals surface area (Å²) in [5.41, 5.74) is 0. The molecule has 0 saturated heterocycles. The minimum atomic E-state index is -2.74. The van der Waals surface area contributed by atoms with Gasteiger partial charge in [0.05, 0.1) is 6.67 Å². The Kier molecular flexibility index (Phi) is 4.48. The summed E-state index contributed by atoms with van der Waals surface area (Å²) in [7, 11) is 0. The lowest BCUT2D eigenvalue weighted by Crippen LogP contribution is -2.16. The molecule has 0 aliphatic carbocycles. The largest absolute Gasteiger partial charge is 0.387 e. The summed E-state index contributed by atoms with van der Waals surface area (Å²) in [6, 6.07) is 0. The van der Waals surface area contributed by atoms with Crippen LogP contribution >= 0.6 is 0 Å². The first-order valence-corrected chi connectivity index (χ1v) is 2.70. The molecule has 0 heterocycles. The highest BCUT2D eigenvalue weighted by Crippen LogP contribution is 2.06. The number of alkyl halides is 3. The van der Waals surface area contributed by atoms with Crippen molar-refractivity contribution in [1.29, 1.82) is 0 Å². The second-order valence-corrected chi connectivity index (χ2v) is 1.73. The van der Waals surface area contributed by atoms with Gasteiger partial charge in [-0.05, 0) is 12.8 Å². The van der Waals surface area contributed by atoms with Crippen LogP contribution < -0.4 is 0 Å². The molecule has 0 spiro atoms. The van der Waals surface area contributed by atoms with Gasteiger partial charge in [0, 0.05) is 0 Å². The van der Waals surface area contributed by atoms with Gasteiger partial charge in [0.15, 0.2) is 0 Å². The van der Waals surface area contributed by atoms with Crippen LogP contribution in [0.4, 0.5) is 13.2 Å². The van der Waals surface area contributed by atoms with Crippen LogP contribution in [0.5, 0.6) is 0 Å². The number of aliphatic hydroxyl groups excluding tert-OH is 1. The summed E-state index contributed by atoms with van der Waals surface area (Å²) in [5, 5.41) is 8.34. The van der Waals surface area contributed by atoms with Crippen molar-refractivity contribution >= 4 is 0 Å². The van der Waals surface area contributed by atoms with Gasteiger partial charge in [-0.1, -0.05) is 0 Å². The van der Waals surface area contributed by atoms with E-state index in [1.807, 2.05) is 0 Å². The highest BCUT2D eigenvalue weighted by molar-refractivity contribution is 4.56. The quantitative estimate of drug-likeness (QED) is 0.628. The van der Waals surface area contributed by atoms with E-state index in [1.165, 1.54) is 0 Å². The fraction of sp³-hybridized carbons (Fsp3) is 1.00. The highest BCUT2D eigenvalue weighted by Gasteiger charge is 2.15. The predicted molar refractivity (Wildman–Crippen MR) is 27.2 cm³/mol. The summed E-state index contributed by atoms with van der Waals surface area (Å²) >= 11 is 0. The maximum atomic E-state index is 11.4. The summed E-state index contributed by atoms with van der Waals surface area (Å²) in [6.45, 7) is -0.649. The van der Waals surface area contributed by atoms with Gasteiger partial charge < -0.3 is 5.11 Å². The van der Waals surface area contributed by atoms with Crippen LogP contribution in [0.15, 0.2) is 0 Å². The number of aliphatic hydroxyl groups is 1. The number of rotatable bonds is 4. The predicted octanol–water partition coefficient (Wildman–Crippen LogP) is 1.36. The zero-order valence-corrected chi connectivity index (χ0v) is 4.86. The SMILES string of the molecule is OC(CCCF)C(F)F. The molecular weight excluding hydrogens is 133 g/mol. The van der Waals surface area contributed by atoms with Crippen molar-refractivity contribution in [2.45, 2.75) is 25.4 Å². The van der Waals surface area contributed by atoms with Crippen LogP contribution in [0.3, 0.4) is 0 Å². The average molecular weight is 142 g/mol. The topological polar surface area (TPSA) is 20.2 Å². The molecule has 0 aromatic rings. The average Bonchev–Trinajstić information content (AvgIpc) is 1.82. The van der Waals surface area contributed by atoms with Crippen LogP contribution in [-0.2, 0) is 0 Å². The molecule has 0 saturated carbocycles. The van der Waals surface area contributed by atoms with Crippen LogP contribution in [0.25, 0.3) is 0 Å². The minimum Gasteiger partial charge on any atom is -0.387 e. The Balaban J connectivity index is 3.16. The first-order chi connectivity index (χ1) is 4.18. The van der Waals surface area contributed by atoms with Gasteiger partial charge in [0.2, 0.25) is 0 Å². The van der Waals surface area contributed by atoms with E-state index in [0.29, 0.717) is 0 Å². The molecule has 1 unspecified atom stereocenters. The maximum Gasteiger partial charge on any atom is 0.264 e. The van der Waals surface area contributed by atoms with Gasteiger partial charge in [-0.25, -0.2) is 8.78 Å². The second-order valence-electron chi connectivity index (χ2n) is 1.73. The Morgan fingerprint density at radius 3 is 2.22 bits per heavy atom. The molecule has 4 heteroatoms. The molecule has 0 aromatic heterocycles. The van der Waals surface area contributed by atoms with Gasteiger partial charge in [0.1, 0.15) is 6.10 Å². The van der Waals surface area contributed by atoms with Crippen LogP contribution in [0.2, 0.25) is 0 Å². The highest BCUT2D eigenvalue weighted by atomic mass is 19.3. The fourth-order valence-electron chi connectivity index (χ4n) is 0.412. The third kappa shape index (κ3) is 4.27. The van der Waals surface area contributed by atoms with Crippen molar-refractivity contribution in [2.75, 3.05) is 6.67 Å². The molecule has 0 aliphatic rings. The minimum absolute atomic E-state index is 0.00546. The Hall–Kier alpha value is -0.250. The van der Waals surface area contributed by atoms with E-state index in [4.69, 9.17) is 5.11 Å². The van der Waals surface area contributed by atoms with Crippen LogP contribution in [0.1, 0.15) is 12.8 Å². The molecule has 0 bridgehead atoms. The molecule has 56 valence electrons. The smallest absolute Gasteiger partial charge is 0.264 e. The first-order valence-electron chi connectivity index (χ1n) is 2.70. The second kappa shape index (κ2) is 4.61. The van der Waals surface area contributed by atoms with E-state index in [0.717, 1.165) is 0 Å². The van der Waals surface area contributed by atoms with Crippen molar-refractivity contribution in [1.82, 2.24) is 0 Å². The third-order valence-corrected chi connectivity index (χ3v) is 0.924. The third-order valence-electron chi connectivity index (χ3n) is 0.924. The molecule has 0 amide bonds. The molecule has 0 aromatic carbocycles. The standard InChI is InChI=1S/C5H9F3O/c6-3-1-2-4(9)5(7)8/h4-5,9H,1-3H2. The molecule has 1 atom stereocenters. The summed E-state index contributed by atoms with van der Waals surface area (Å²) < 4.78 is 34.0. The van der Waals surface area contributed by atoms with Gasteiger partial charge in [0.25, 0.3) is 6.43 Å². The van der Waals surface area contributed by atoms with E-state index >= 15 is 0 Å². The van der Waals surface area contributed by atoms with Gasteiger partial charge in [-0.2, -0.15) is 0 Å². The normalized spacial score (nSPS) is 14.3. The fourth-order valence-corrected chi connectivity index (χ4v) is 0.412.